The van der Waals surface area contributed by atoms with Gasteiger partial charge in [-0.3, -0.25) is 9.29 Å². The van der Waals surface area contributed by atoms with Gasteiger partial charge in [0.05, 0.1) is 31.2 Å². The number of nitrogens with one attached hydrogen (secondary N) is 1. The summed E-state index contributed by atoms with van der Waals surface area (Å²) in [4.78, 5) is 5.86. The van der Waals surface area contributed by atoms with E-state index in [1.807, 2.05) is 41.8 Å². The summed E-state index contributed by atoms with van der Waals surface area (Å²) in [7, 11) is 3.24. The number of aryl methyl sites for hydroxylation is 3. The molecule has 0 amide bonds. The largest absolute Gasteiger partial charge is 0.494 e. The summed E-state index contributed by atoms with van der Waals surface area (Å²) in [6.45, 7) is 4.14. The number of methoxy groups -OCH3 is 2. The van der Waals surface area contributed by atoms with E-state index in [0.717, 1.165) is 22.9 Å². The molecule has 0 saturated heterocycles. The van der Waals surface area contributed by atoms with Crippen LogP contribution < -0.4 is 14.2 Å². The van der Waals surface area contributed by atoms with Gasteiger partial charge in [-0.05, 0) is 50.1 Å². The smallest absolute Gasteiger partial charge is 0.239 e. The zero-order valence-corrected chi connectivity index (χ0v) is 19.3. The number of hydrogen-bond acceptors (Lipinski definition) is 9. The van der Waals surface area contributed by atoms with Crippen LogP contribution in [-0.4, -0.2) is 39.7 Å². The molecule has 1 aromatic carbocycles. The molecule has 0 aliphatic carbocycles. The van der Waals surface area contributed by atoms with Gasteiger partial charge in [0.1, 0.15) is 17.2 Å². The standard InChI is InChI=1S/C21H23N5O3S2/c1-13-14(2)31-18(22-13)10-12-30-25-21-24-23-20(17-9-6-11-29-17)26(21)19-15(27-3)7-5-8-16(19)28-4/h5-9,11H,10,12H2,1-4H3,(H,24,25). The van der Waals surface area contributed by atoms with Crippen LogP contribution in [0.4, 0.5) is 5.95 Å². The van der Waals surface area contributed by atoms with Crippen molar-refractivity contribution in [3.05, 3.63) is 52.2 Å². The van der Waals surface area contributed by atoms with Crippen molar-refractivity contribution < 1.29 is 13.9 Å². The molecule has 0 bridgehead atoms. The molecule has 3 aromatic heterocycles. The molecule has 0 radical (unpaired) electrons. The fraction of sp³-hybridized carbons (Fsp3) is 0.286. The molecule has 0 aliphatic rings. The molecule has 0 fully saturated rings. The Hall–Kier alpha value is -2.98. The quantitative estimate of drug-likeness (QED) is 0.280. The normalized spacial score (nSPS) is 11.0. The monoisotopic (exact) mass is 457 g/mol. The number of rotatable bonds is 9. The number of benzene rings is 1. The molecule has 0 saturated carbocycles. The molecule has 0 spiro atoms. The van der Waals surface area contributed by atoms with Gasteiger partial charge in [0.15, 0.2) is 5.76 Å². The first-order valence-electron chi connectivity index (χ1n) is 9.63. The summed E-state index contributed by atoms with van der Waals surface area (Å²) in [6.07, 6.45) is 2.47. The van der Waals surface area contributed by atoms with E-state index in [-0.39, 0.29) is 0 Å². The van der Waals surface area contributed by atoms with Crippen LogP contribution in [0.5, 0.6) is 11.5 Å². The van der Waals surface area contributed by atoms with Gasteiger partial charge in [0, 0.05) is 17.1 Å². The van der Waals surface area contributed by atoms with Crippen LogP contribution in [0.3, 0.4) is 0 Å². The maximum atomic E-state index is 5.61. The molecule has 10 heteroatoms. The van der Waals surface area contributed by atoms with E-state index in [1.165, 1.54) is 4.88 Å². The first-order valence-corrected chi connectivity index (χ1v) is 11.4. The van der Waals surface area contributed by atoms with Crippen LogP contribution in [0.25, 0.3) is 17.3 Å². The summed E-state index contributed by atoms with van der Waals surface area (Å²) < 4.78 is 22.0. The number of anilines is 1. The second-order valence-corrected chi connectivity index (χ2v) is 8.81. The van der Waals surface area contributed by atoms with Crippen molar-refractivity contribution >= 4 is 29.2 Å². The first-order chi connectivity index (χ1) is 15.1. The van der Waals surface area contributed by atoms with E-state index in [9.17, 15) is 0 Å². The molecular formula is C21H23N5O3S2. The Morgan fingerprint density at radius 1 is 1.10 bits per heavy atom. The van der Waals surface area contributed by atoms with E-state index in [0.29, 0.717) is 34.7 Å². The molecule has 1 N–H and O–H groups in total. The summed E-state index contributed by atoms with van der Waals surface area (Å²) in [6, 6.07) is 9.26. The zero-order valence-electron chi connectivity index (χ0n) is 17.7. The predicted molar refractivity (Wildman–Crippen MR) is 124 cm³/mol. The van der Waals surface area contributed by atoms with Crippen molar-refractivity contribution in [2.24, 2.45) is 0 Å². The number of ether oxygens (including phenoxy) is 2. The van der Waals surface area contributed by atoms with Gasteiger partial charge in [0.2, 0.25) is 11.8 Å². The molecule has 8 nitrogen and oxygen atoms in total. The lowest BCUT2D eigenvalue weighted by Crippen LogP contribution is -2.07. The van der Waals surface area contributed by atoms with Gasteiger partial charge >= 0.3 is 0 Å². The zero-order chi connectivity index (χ0) is 21.8. The average Bonchev–Trinajstić information content (AvgIpc) is 3.51. The van der Waals surface area contributed by atoms with E-state index in [1.54, 1.807) is 43.8 Å². The number of aromatic nitrogens is 4. The van der Waals surface area contributed by atoms with Gasteiger partial charge in [-0.15, -0.1) is 21.5 Å². The molecule has 4 rings (SSSR count). The maximum Gasteiger partial charge on any atom is 0.239 e. The van der Waals surface area contributed by atoms with Crippen LogP contribution in [0.2, 0.25) is 0 Å². The van der Waals surface area contributed by atoms with Gasteiger partial charge in [-0.2, -0.15) is 0 Å². The van der Waals surface area contributed by atoms with Gasteiger partial charge in [-0.25, -0.2) is 4.98 Å². The van der Waals surface area contributed by atoms with E-state index in [4.69, 9.17) is 13.9 Å². The second-order valence-electron chi connectivity index (χ2n) is 6.62. The van der Waals surface area contributed by atoms with Crippen LogP contribution in [0.15, 0.2) is 41.0 Å². The molecular weight excluding hydrogens is 434 g/mol. The minimum Gasteiger partial charge on any atom is -0.494 e. The molecule has 31 heavy (non-hydrogen) atoms. The van der Waals surface area contributed by atoms with E-state index < -0.39 is 0 Å². The summed E-state index contributed by atoms with van der Waals surface area (Å²) >= 11 is 3.29. The third kappa shape index (κ3) is 4.40. The Morgan fingerprint density at radius 2 is 1.87 bits per heavy atom. The average molecular weight is 458 g/mol. The van der Waals surface area contributed by atoms with Crippen LogP contribution >= 0.6 is 23.3 Å². The third-order valence-electron chi connectivity index (χ3n) is 4.68. The lowest BCUT2D eigenvalue weighted by molar-refractivity contribution is 0.391. The number of furan rings is 1. The summed E-state index contributed by atoms with van der Waals surface area (Å²) in [5, 5.41) is 9.85. The van der Waals surface area contributed by atoms with E-state index in [2.05, 4.69) is 26.8 Å². The van der Waals surface area contributed by atoms with Crippen molar-refractivity contribution in [2.75, 3.05) is 24.7 Å². The second kappa shape index (κ2) is 9.44. The minimum atomic E-state index is 0.544. The van der Waals surface area contributed by atoms with Gasteiger partial charge < -0.3 is 13.9 Å². The van der Waals surface area contributed by atoms with Crippen molar-refractivity contribution in [2.45, 2.75) is 20.3 Å². The van der Waals surface area contributed by atoms with Gasteiger partial charge in [0.25, 0.3) is 0 Å². The van der Waals surface area contributed by atoms with E-state index >= 15 is 0 Å². The van der Waals surface area contributed by atoms with Crippen molar-refractivity contribution in [3.8, 4) is 28.8 Å². The molecule has 4 aromatic rings. The van der Waals surface area contributed by atoms with Crippen LogP contribution in [-0.2, 0) is 6.42 Å². The summed E-state index contributed by atoms with van der Waals surface area (Å²) in [5.41, 5.74) is 1.79. The molecule has 3 heterocycles. The van der Waals surface area contributed by atoms with Crippen molar-refractivity contribution in [1.29, 1.82) is 0 Å². The lowest BCUT2D eigenvalue weighted by atomic mass is 10.2. The Morgan fingerprint density at radius 3 is 2.48 bits per heavy atom. The predicted octanol–water partition coefficient (Wildman–Crippen LogP) is 4.92. The fourth-order valence-electron chi connectivity index (χ4n) is 3.08. The van der Waals surface area contributed by atoms with Crippen LogP contribution in [0.1, 0.15) is 15.6 Å². The molecule has 0 atom stereocenters. The Labute approximate surface area is 188 Å². The molecule has 0 unspecified atom stereocenters. The van der Waals surface area contributed by atoms with Crippen LogP contribution in [0, 0.1) is 13.8 Å². The third-order valence-corrected chi connectivity index (χ3v) is 6.55. The lowest BCUT2D eigenvalue weighted by Gasteiger charge is -2.16. The highest BCUT2D eigenvalue weighted by Gasteiger charge is 2.23. The van der Waals surface area contributed by atoms with Gasteiger partial charge in [-0.1, -0.05) is 6.07 Å². The van der Waals surface area contributed by atoms with Crippen molar-refractivity contribution in [1.82, 2.24) is 19.7 Å². The minimum absolute atomic E-state index is 0.544. The molecule has 162 valence electrons. The number of nitrogens with zero attached hydrogens (tertiary/aromatic N) is 4. The Balaban J connectivity index is 1.63. The Bertz CT molecular complexity index is 1110. The number of thiazole rings is 1. The topological polar surface area (TPSA) is 87.2 Å². The Kier molecular flexibility index (Phi) is 6.47. The highest BCUT2D eigenvalue weighted by atomic mass is 32.2. The molecule has 0 aliphatic heterocycles. The summed E-state index contributed by atoms with van der Waals surface area (Å²) in [5.74, 6) is 3.78. The maximum absolute atomic E-state index is 5.61. The SMILES string of the molecule is COc1cccc(OC)c1-n1c(NSCCc2nc(C)c(C)s2)nnc1-c1ccco1. The fourth-order valence-corrected chi connectivity index (χ4v) is 4.80. The number of hydrogen-bond donors (Lipinski definition) is 1. The highest BCUT2D eigenvalue weighted by Crippen LogP contribution is 2.38. The highest BCUT2D eigenvalue weighted by molar-refractivity contribution is 8.00. The number of para-hydroxylation sites is 1. The first kappa shape index (κ1) is 21.3. The van der Waals surface area contributed by atoms with Crippen molar-refractivity contribution in [3.63, 3.8) is 0 Å².